The van der Waals surface area contributed by atoms with Gasteiger partial charge >= 0.3 is 0 Å². The summed E-state index contributed by atoms with van der Waals surface area (Å²) >= 11 is 15.5. The minimum Gasteiger partial charge on any atom is -0.369 e. The van der Waals surface area contributed by atoms with Gasteiger partial charge in [0.25, 0.3) is 5.91 Å². The molecule has 0 saturated carbocycles. The van der Waals surface area contributed by atoms with Crippen molar-refractivity contribution in [1.82, 2.24) is 0 Å². The maximum Gasteiger partial charge on any atom is 0.251 e. The van der Waals surface area contributed by atoms with Gasteiger partial charge in [0, 0.05) is 15.7 Å². The highest BCUT2D eigenvalue weighted by molar-refractivity contribution is 9.10. The molecule has 1 aliphatic heterocycles. The molecule has 2 aromatic carbocycles. The Morgan fingerprint density at radius 2 is 2.00 bits per heavy atom. The highest BCUT2D eigenvalue weighted by Crippen LogP contribution is 2.38. The van der Waals surface area contributed by atoms with Gasteiger partial charge in [0.1, 0.15) is 6.04 Å². The molecule has 1 aliphatic rings. The largest absolute Gasteiger partial charge is 0.369 e. The monoisotopic (exact) mass is 370 g/mol. The van der Waals surface area contributed by atoms with Crippen molar-refractivity contribution in [2.45, 2.75) is 6.04 Å². The number of nitrogens with one attached hydrogen (secondary N) is 2. The van der Waals surface area contributed by atoms with E-state index >= 15 is 0 Å². The number of amides is 1. The predicted octanol–water partition coefficient (Wildman–Crippen LogP) is 4.86. The van der Waals surface area contributed by atoms with Crippen molar-refractivity contribution in [1.29, 1.82) is 0 Å². The Bertz CT molecular complexity index is 706. The molecule has 3 nitrogen and oxygen atoms in total. The summed E-state index contributed by atoms with van der Waals surface area (Å²) in [6.45, 7) is 0. The van der Waals surface area contributed by atoms with E-state index in [1.807, 2.05) is 18.2 Å². The maximum atomic E-state index is 12.1. The van der Waals surface area contributed by atoms with Gasteiger partial charge in [-0.25, -0.2) is 0 Å². The molecule has 0 radical (unpaired) electrons. The van der Waals surface area contributed by atoms with E-state index in [0.717, 1.165) is 15.7 Å². The second kappa shape index (κ2) is 5.28. The van der Waals surface area contributed by atoms with Gasteiger partial charge in [0.05, 0.1) is 15.7 Å². The lowest BCUT2D eigenvalue weighted by atomic mass is 10.1. The number of anilines is 2. The number of rotatable bonds is 2. The van der Waals surface area contributed by atoms with Crippen LogP contribution in [0.25, 0.3) is 0 Å². The van der Waals surface area contributed by atoms with Crippen molar-refractivity contribution in [2.24, 2.45) is 0 Å². The Morgan fingerprint density at radius 1 is 1.20 bits per heavy atom. The molecular formula is C14H9BrCl2N2O. The van der Waals surface area contributed by atoms with E-state index in [1.54, 1.807) is 18.2 Å². The lowest BCUT2D eigenvalue weighted by Crippen LogP contribution is -2.19. The van der Waals surface area contributed by atoms with Gasteiger partial charge in [-0.2, -0.15) is 0 Å². The van der Waals surface area contributed by atoms with E-state index in [2.05, 4.69) is 26.6 Å². The van der Waals surface area contributed by atoms with Crippen LogP contribution in [-0.4, -0.2) is 5.91 Å². The van der Waals surface area contributed by atoms with Gasteiger partial charge in [-0.05, 0) is 30.3 Å². The van der Waals surface area contributed by atoms with Crippen LogP contribution >= 0.6 is 39.1 Å². The third kappa shape index (κ3) is 2.39. The Balaban J connectivity index is 1.98. The fourth-order valence-electron chi connectivity index (χ4n) is 2.15. The lowest BCUT2D eigenvalue weighted by Gasteiger charge is -2.15. The SMILES string of the molecule is O=C1Nc2ccc(Br)cc2C1Nc1cccc(Cl)c1Cl. The van der Waals surface area contributed by atoms with E-state index in [1.165, 1.54) is 0 Å². The number of hydrogen-bond donors (Lipinski definition) is 2. The molecule has 0 saturated heterocycles. The van der Waals surface area contributed by atoms with Crippen LogP contribution in [0.1, 0.15) is 11.6 Å². The van der Waals surface area contributed by atoms with Crippen LogP contribution in [0.3, 0.4) is 0 Å². The zero-order valence-electron chi connectivity index (χ0n) is 10.1. The van der Waals surface area contributed by atoms with Crippen LogP contribution in [-0.2, 0) is 4.79 Å². The molecule has 6 heteroatoms. The standard InChI is InChI=1S/C14H9BrCl2N2O/c15-7-4-5-10-8(6-7)13(14(20)19-10)18-11-3-1-2-9(16)12(11)17/h1-6,13,18H,(H,19,20). The molecule has 1 heterocycles. The summed E-state index contributed by atoms with van der Waals surface area (Å²) in [7, 11) is 0. The Morgan fingerprint density at radius 3 is 2.80 bits per heavy atom. The topological polar surface area (TPSA) is 41.1 Å². The van der Waals surface area contributed by atoms with Crippen molar-refractivity contribution in [2.75, 3.05) is 10.6 Å². The van der Waals surface area contributed by atoms with Gasteiger partial charge < -0.3 is 10.6 Å². The molecule has 102 valence electrons. The quantitative estimate of drug-likeness (QED) is 0.791. The fraction of sp³-hybridized carbons (Fsp3) is 0.0714. The number of fused-ring (bicyclic) bond motifs is 1. The first-order valence-electron chi connectivity index (χ1n) is 5.87. The number of benzene rings is 2. The highest BCUT2D eigenvalue weighted by atomic mass is 79.9. The van der Waals surface area contributed by atoms with Gasteiger partial charge in [0.15, 0.2) is 0 Å². The molecule has 0 aliphatic carbocycles. The van der Waals surface area contributed by atoms with Crippen LogP contribution in [0.2, 0.25) is 10.0 Å². The third-order valence-electron chi connectivity index (χ3n) is 3.10. The molecule has 0 bridgehead atoms. The average Bonchev–Trinajstić information content (AvgIpc) is 2.71. The minimum atomic E-state index is -0.488. The van der Waals surface area contributed by atoms with E-state index < -0.39 is 6.04 Å². The minimum absolute atomic E-state index is 0.117. The number of hydrogen-bond acceptors (Lipinski definition) is 2. The maximum absolute atomic E-state index is 12.1. The summed E-state index contributed by atoms with van der Waals surface area (Å²) in [5, 5.41) is 6.82. The second-order valence-corrected chi connectivity index (χ2v) is 6.10. The summed E-state index contributed by atoms with van der Waals surface area (Å²) in [6.07, 6.45) is 0. The zero-order chi connectivity index (χ0) is 14.3. The Kier molecular flexibility index (Phi) is 3.63. The van der Waals surface area contributed by atoms with Crippen LogP contribution in [0.5, 0.6) is 0 Å². The fourth-order valence-corrected chi connectivity index (χ4v) is 2.88. The van der Waals surface area contributed by atoms with Crippen molar-refractivity contribution >= 4 is 56.4 Å². The molecule has 0 fully saturated rings. The summed E-state index contributed by atoms with van der Waals surface area (Å²) in [6, 6.07) is 10.4. The third-order valence-corrected chi connectivity index (χ3v) is 4.41. The summed E-state index contributed by atoms with van der Waals surface area (Å²) < 4.78 is 0.914. The smallest absolute Gasteiger partial charge is 0.251 e. The van der Waals surface area contributed by atoms with Gasteiger partial charge in [-0.3, -0.25) is 4.79 Å². The average molecular weight is 372 g/mol. The van der Waals surface area contributed by atoms with Gasteiger partial charge in [0.2, 0.25) is 0 Å². The molecule has 3 rings (SSSR count). The summed E-state index contributed by atoms with van der Waals surface area (Å²) in [5.41, 5.74) is 2.31. The normalized spacial score (nSPS) is 16.8. The highest BCUT2D eigenvalue weighted by Gasteiger charge is 2.31. The van der Waals surface area contributed by atoms with Crippen LogP contribution in [0.4, 0.5) is 11.4 Å². The predicted molar refractivity (Wildman–Crippen MR) is 85.6 cm³/mol. The van der Waals surface area contributed by atoms with Gasteiger partial charge in [-0.15, -0.1) is 0 Å². The summed E-state index contributed by atoms with van der Waals surface area (Å²) in [5.74, 6) is -0.117. The molecule has 0 spiro atoms. The molecular weight excluding hydrogens is 363 g/mol. The Labute approximate surface area is 134 Å². The number of carbonyl (C=O) groups is 1. The zero-order valence-corrected chi connectivity index (χ0v) is 13.2. The molecule has 1 atom stereocenters. The van der Waals surface area contributed by atoms with Crippen LogP contribution < -0.4 is 10.6 Å². The van der Waals surface area contributed by atoms with Crippen LogP contribution in [0.15, 0.2) is 40.9 Å². The van der Waals surface area contributed by atoms with Gasteiger partial charge in [-0.1, -0.05) is 45.2 Å². The van der Waals surface area contributed by atoms with Crippen LogP contribution in [0, 0.1) is 0 Å². The van der Waals surface area contributed by atoms with E-state index in [-0.39, 0.29) is 5.91 Å². The number of carbonyl (C=O) groups excluding carboxylic acids is 1. The molecule has 1 amide bonds. The van der Waals surface area contributed by atoms with E-state index in [9.17, 15) is 4.79 Å². The first-order chi connectivity index (χ1) is 9.56. The first kappa shape index (κ1) is 13.7. The number of halogens is 3. The Hall–Kier alpha value is -1.23. The first-order valence-corrected chi connectivity index (χ1v) is 7.42. The molecule has 0 aromatic heterocycles. The van der Waals surface area contributed by atoms with E-state index in [4.69, 9.17) is 23.2 Å². The molecule has 1 unspecified atom stereocenters. The van der Waals surface area contributed by atoms with Crippen molar-refractivity contribution in [3.63, 3.8) is 0 Å². The van der Waals surface area contributed by atoms with Crippen molar-refractivity contribution in [3.05, 3.63) is 56.5 Å². The van der Waals surface area contributed by atoms with E-state index in [0.29, 0.717) is 15.7 Å². The molecule has 20 heavy (non-hydrogen) atoms. The molecule has 2 N–H and O–H groups in total. The van der Waals surface area contributed by atoms with Crippen molar-refractivity contribution in [3.8, 4) is 0 Å². The molecule has 2 aromatic rings. The van der Waals surface area contributed by atoms with Crippen molar-refractivity contribution < 1.29 is 4.79 Å². The lowest BCUT2D eigenvalue weighted by molar-refractivity contribution is -0.116. The summed E-state index contributed by atoms with van der Waals surface area (Å²) in [4.78, 5) is 12.1. The second-order valence-electron chi connectivity index (χ2n) is 4.40.